The summed E-state index contributed by atoms with van der Waals surface area (Å²) in [6.07, 6.45) is -0.134. The van der Waals surface area contributed by atoms with E-state index in [0.29, 0.717) is 0 Å². The maximum absolute atomic E-state index is 6.31. The lowest BCUT2D eigenvalue weighted by molar-refractivity contribution is 0.0234. The van der Waals surface area contributed by atoms with Crippen LogP contribution in [0.5, 0.6) is 5.75 Å². The number of hydrogen-bond acceptors (Lipinski definition) is 3. The summed E-state index contributed by atoms with van der Waals surface area (Å²) in [4.78, 5) is 2.40. The minimum Gasteiger partial charge on any atom is -0.560 e. The van der Waals surface area contributed by atoms with Crippen molar-refractivity contribution in [2.45, 2.75) is 6.23 Å². The molecule has 0 saturated heterocycles. The smallest absolute Gasteiger partial charge is 0.289 e. The second-order valence-electron chi connectivity index (χ2n) is 14.2. The van der Waals surface area contributed by atoms with Crippen molar-refractivity contribution >= 4 is 66.2 Å². The number of fused-ring (bicyclic) bond motifs is 8. The highest BCUT2D eigenvalue weighted by atomic mass is 16.5. The molecule has 0 bridgehead atoms. The van der Waals surface area contributed by atoms with Crippen LogP contribution in [0.2, 0.25) is 0 Å². The van der Waals surface area contributed by atoms with Gasteiger partial charge in [-0.15, -0.1) is 0 Å². The fourth-order valence-electron chi connectivity index (χ4n) is 8.37. The molecule has 10 aromatic rings. The average molecular weight is 708 g/mol. The van der Waals surface area contributed by atoms with Gasteiger partial charge in [0, 0.05) is 33.1 Å². The van der Waals surface area contributed by atoms with Crippen LogP contribution in [0.15, 0.2) is 199 Å². The molecule has 1 aliphatic rings. The van der Waals surface area contributed by atoms with Gasteiger partial charge in [-0.1, -0.05) is 133 Å². The Morgan fingerprint density at radius 3 is 1.95 bits per heavy atom. The zero-order chi connectivity index (χ0) is 36.3. The molecule has 260 valence electrons. The summed E-state index contributed by atoms with van der Waals surface area (Å²) in [5.41, 5.74) is 11.8. The minimum absolute atomic E-state index is 0.134. The van der Waals surface area contributed by atoms with Gasteiger partial charge in [0.25, 0.3) is 12.0 Å². The van der Waals surface area contributed by atoms with Crippen LogP contribution in [-0.2, 0) is 0 Å². The average Bonchev–Trinajstić information content (AvgIpc) is 3.86. The van der Waals surface area contributed by atoms with Gasteiger partial charge in [0.15, 0.2) is 0 Å². The molecule has 55 heavy (non-hydrogen) atoms. The van der Waals surface area contributed by atoms with Crippen LogP contribution in [0.3, 0.4) is 0 Å². The Labute approximate surface area is 318 Å². The maximum atomic E-state index is 6.31. The molecule has 11 rings (SSSR count). The monoisotopic (exact) mass is 707 g/mol. The second-order valence-corrected chi connectivity index (χ2v) is 14.2. The summed E-state index contributed by atoms with van der Waals surface area (Å²) in [5, 5.41) is 10.5. The number of nitrogens with one attached hydrogen (secondary N) is 1. The van der Waals surface area contributed by atoms with Crippen molar-refractivity contribution in [1.29, 1.82) is 0 Å². The van der Waals surface area contributed by atoms with Crippen LogP contribution in [0.25, 0.3) is 65.7 Å². The van der Waals surface area contributed by atoms with Crippen LogP contribution in [0, 0.1) is 0 Å². The Bertz CT molecular complexity index is 3060. The van der Waals surface area contributed by atoms with Crippen molar-refractivity contribution in [2.24, 2.45) is 0 Å². The van der Waals surface area contributed by atoms with Gasteiger partial charge in [-0.2, -0.15) is 0 Å². The van der Waals surface area contributed by atoms with Gasteiger partial charge in [0.1, 0.15) is 16.9 Å². The largest absolute Gasteiger partial charge is 0.560 e. The zero-order valence-corrected chi connectivity index (χ0v) is 29.9. The van der Waals surface area contributed by atoms with E-state index in [9.17, 15) is 0 Å². The Hall–Kier alpha value is -7.30. The van der Waals surface area contributed by atoms with Crippen molar-refractivity contribution < 1.29 is 9.15 Å². The number of furan rings is 1. The quantitative estimate of drug-likeness (QED) is 0.106. The van der Waals surface area contributed by atoms with Crippen molar-refractivity contribution in [1.82, 2.24) is 0 Å². The van der Waals surface area contributed by atoms with E-state index in [2.05, 4.69) is 186 Å². The van der Waals surface area contributed by atoms with Gasteiger partial charge >= 0.3 is 0 Å². The van der Waals surface area contributed by atoms with E-state index in [1.54, 1.807) is 0 Å². The molecular weight excluding hydrogens is 673 g/mol. The first-order valence-corrected chi connectivity index (χ1v) is 18.7. The number of aliphatic hydroxyl groups is 1. The molecule has 1 aliphatic heterocycles. The lowest BCUT2D eigenvalue weighted by Crippen LogP contribution is -2.11. The number of aromatic hydroxyl groups is 1. The SMILES string of the molecule is c1ccc(-c2ccccc2-c2ccccc2N(c2ccc3oc4ccccc4c3c2)c2ccc3ccc4ccc5c(c4c3c2)[OH+]C(c2ccccc2)N5)cc1. The van der Waals surface area contributed by atoms with Crippen molar-refractivity contribution in [3.05, 3.63) is 200 Å². The number of benzene rings is 9. The molecule has 4 nitrogen and oxygen atoms in total. The molecule has 0 fully saturated rings. The van der Waals surface area contributed by atoms with E-state index in [1.165, 1.54) is 22.1 Å². The molecule has 1 aromatic heterocycles. The summed E-state index contributed by atoms with van der Waals surface area (Å²) in [5.74, 6) is 1.00. The number of anilines is 4. The molecule has 0 saturated carbocycles. The van der Waals surface area contributed by atoms with E-state index < -0.39 is 0 Å². The third-order valence-corrected chi connectivity index (χ3v) is 10.9. The Morgan fingerprint density at radius 2 is 1.09 bits per heavy atom. The van der Waals surface area contributed by atoms with Crippen LogP contribution in [-0.4, -0.2) is 4.74 Å². The third-order valence-electron chi connectivity index (χ3n) is 10.9. The summed E-state index contributed by atoms with van der Waals surface area (Å²) in [7, 11) is 0. The highest BCUT2D eigenvalue weighted by Crippen LogP contribution is 2.49. The van der Waals surface area contributed by atoms with Crippen molar-refractivity contribution in [3.8, 4) is 28.0 Å². The Morgan fingerprint density at radius 1 is 0.473 bits per heavy atom. The van der Waals surface area contributed by atoms with Gasteiger partial charge in [-0.05, 0) is 88.1 Å². The summed E-state index contributed by atoms with van der Waals surface area (Å²) in [6.45, 7) is 0. The molecule has 1 atom stereocenters. The van der Waals surface area contributed by atoms with Gasteiger partial charge in [-0.3, -0.25) is 5.32 Å². The first kappa shape index (κ1) is 31.2. The maximum Gasteiger partial charge on any atom is 0.289 e. The van der Waals surface area contributed by atoms with Crippen LogP contribution >= 0.6 is 0 Å². The fourth-order valence-corrected chi connectivity index (χ4v) is 8.37. The lowest BCUT2D eigenvalue weighted by Gasteiger charge is -2.29. The topological polar surface area (TPSA) is 41.2 Å². The first-order valence-electron chi connectivity index (χ1n) is 18.7. The first-order chi connectivity index (χ1) is 27.3. The van der Waals surface area contributed by atoms with Gasteiger partial charge in [0.2, 0.25) is 0 Å². The molecule has 2 N–H and O–H groups in total. The standard InChI is InChI=1S/C51H34N2O2/c1-3-13-33(14-4-1)39-17-7-8-18-40(39)41-19-9-11-21-46(41)53(38-28-30-48-44(32-38)42-20-10-12-22-47(42)54-48)37-27-25-34-23-24-35-26-29-45-50(49(35)43(34)31-37)55-51(52-45)36-15-5-2-6-16-36/h1-32,51-52H/p+1. The van der Waals surface area contributed by atoms with Crippen LogP contribution in [0.1, 0.15) is 11.8 Å². The molecular formula is C51H35N2O2+. The van der Waals surface area contributed by atoms with E-state index in [4.69, 9.17) is 9.15 Å². The van der Waals surface area contributed by atoms with Gasteiger partial charge < -0.3 is 14.1 Å². The van der Waals surface area contributed by atoms with Crippen LogP contribution < -0.4 is 10.2 Å². The highest BCUT2D eigenvalue weighted by Gasteiger charge is 2.31. The third kappa shape index (κ3) is 5.22. The molecule has 2 heterocycles. The highest BCUT2D eigenvalue weighted by molar-refractivity contribution is 6.14. The molecule has 9 aromatic carbocycles. The van der Waals surface area contributed by atoms with E-state index in [-0.39, 0.29) is 6.23 Å². The second kappa shape index (κ2) is 12.7. The number of rotatable bonds is 6. The van der Waals surface area contributed by atoms with Gasteiger partial charge in [0.05, 0.1) is 16.6 Å². The predicted molar refractivity (Wildman–Crippen MR) is 229 cm³/mol. The van der Waals surface area contributed by atoms with E-state index >= 15 is 0 Å². The molecule has 0 spiro atoms. The molecule has 0 radical (unpaired) electrons. The normalized spacial score (nSPS) is 13.6. The molecule has 0 amide bonds. The van der Waals surface area contributed by atoms with E-state index in [1.807, 2.05) is 18.2 Å². The fraction of sp³-hybridized carbons (Fsp3) is 0.0196. The summed E-state index contributed by atoms with van der Waals surface area (Å²) >= 11 is 0. The number of hydrogen-bond donors (Lipinski definition) is 1. The summed E-state index contributed by atoms with van der Waals surface area (Å²) in [6, 6.07) is 69.1. The molecule has 1 unspecified atom stereocenters. The predicted octanol–water partition coefficient (Wildman–Crippen LogP) is 14.1. The Balaban J connectivity index is 1.15. The number of para-hydroxylation sites is 2. The molecule has 0 aliphatic carbocycles. The van der Waals surface area contributed by atoms with Crippen molar-refractivity contribution in [3.63, 3.8) is 0 Å². The Kier molecular flexibility index (Phi) is 7.20. The lowest BCUT2D eigenvalue weighted by atomic mass is 9.93. The van der Waals surface area contributed by atoms with E-state index in [0.717, 1.165) is 77.7 Å². The van der Waals surface area contributed by atoms with Gasteiger partial charge in [-0.25, -0.2) is 0 Å². The van der Waals surface area contributed by atoms with Crippen molar-refractivity contribution in [2.75, 3.05) is 10.2 Å². The number of nitrogens with zero attached hydrogens (tertiary/aromatic N) is 1. The summed E-state index contributed by atoms with van der Waals surface area (Å²) < 4.78 is 11.6. The minimum atomic E-state index is -0.134. The zero-order valence-electron chi connectivity index (χ0n) is 29.9. The number of ether oxygens (including phenoxy) is 1. The molecule has 4 heteroatoms. The van der Waals surface area contributed by atoms with Crippen LogP contribution in [0.4, 0.5) is 22.7 Å².